The molecule has 2 saturated heterocycles. The Morgan fingerprint density at radius 2 is 1.76 bits per heavy atom. The van der Waals surface area contributed by atoms with Crippen molar-refractivity contribution < 1.29 is 9.59 Å². The molecule has 0 spiro atoms. The number of aromatic nitrogens is 1. The van der Waals surface area contributed by atoms with E-state index >= 15 is 0 Å². The summed E-state index contributed by atoms with van der Waals surface area (Å²) < 4.78 is 0. The Bertz CT molecular complexity index is 698. The molecule has 0 unspecified atom stereocenters. The third-order valence-corrected chi connectivity index (χ3v) is 6.84. The maximum atomic E-state index is 13.2. The first kappa shape index (κ1) is 20.3. The van der Waals surface area contributed by atoms with Crippen molar-refractivity contribution in [3.8, 4) is 0 Å². The molecule has 158 valence electrons. The van der Waals surface area contributed by atoms with Gasteiger partial charge in [-0.1, -0.05) is 0 Å². The minimum Gasteiger partial charge on any atom is -0.342 e. The number of likely N-dealkylation sites (tertiary alicyclic amines) is 2. The number of nitrogens with zero attached hydrogens (tertiary/aromatic N) is 4. The molecule has 0 radical (unpaired) electrons. The van der Waals surface area contributed by atoms with Crippen LogP contribution in [0, 0.1) is 11.8 Å². The minimum atomic E-state index is 0.0941. The van der Waals surface area contributed by atoms with Crippen LogP contribution < -0.4 is 0 Å². The molecule has 0 bridgehead atoms. The van der Waals surface area contributed by atoms with Gasteiger partial charge in [0.15, 0.2) is 0 Å². The summed E-state index contributed by atoms with van der Waals surface area (Å²) in [6.07, 6.45) is 9.92. The Balaban J connectivity index is 1.30. The van der Waals surface area contributed by atoms with Gasteiger partial charge in [-0.05, 0) is 69.7 Å². The van der Waals surface area contributed by atoms with Crippen LogP contribution >= 0.6 is 0 Å². The van der Waals surface area contributed by atoms with E-state index < -0.39 is 0 Å². The fourth-order valence-electron chi connectivity index (χ4n) is 4.89. The summed E-state index contributed by atoms with van der Waals surface area (Å²) in [4.78, 5) is 36.2. The maximum Gasteiger partial charge on any atom is 0.227 e. The van der Waals surface area contributed by atoms with Gasteiger partial charge in [-0.2, -0.15) is 0 Å². The first-order chi connectivity index (χ1) is 14.2. The van der Waals surface area contributed by atoms with Crippen LogP contribution in [0.4, 0.5) is 0 Å². The summed E-state index contributed by atoms with van der Waals surface area (Å²) in [7, 11) is 0. The summed E-state index contributed by atoms with van der Waals surface area (Å²) in [5.74, 6) is 1.08. The van der Waals surface area contributed by atoms with Crippen molar-refractivity contribution >= 4 is 11.8 Å². The van der Waals surface area contributed by atoms with Crippen molar-refractivity contribution in [2.24, 2.45) is 11.8 Å². The Morgan fingerprint density at radius 1 is 1.03 bits per heavy atom. The molecule has 3 heterocycles. The van der Waals surface area contributed by atoms with Gasteiger partial charge in [0, 0.05) is 57.1 Å². The molecule has 4 rings (SSSR count). The highest BCUT2D eigenvalue weighted by atomic mass is 16.2. The molecule has 1 saturated carbocycles. The highest BCUT2D eigenvalue weighted by molar-refractivity contribution is 5.81. The molecule has 1 atom stereocenters. The van der Waals surface area contributed by atoms with Gasteiger partial charge in [0.25, 0.3) is 0 Å². The fraction of sp³-hybridized carbons (Fsp3) is 0.696. The second kappa shape index (κ2) is 9.24. The van der Waals surface area contributed by atoms with E-state index in [4.69, 9.17) is 0 Å². The van der Waals surface area contributed by atoms with Crippen molar-refractivity contribution in [1.29, 1.82) is 0 Å². The monoisotopic (exact) mass is 398 g/mol. The van der Waals surface area contributed by atoms with Crippen LogP contribution in [0.25, 0.3) is 0 Å². The van der Waals surface area contributed by atoms with E-state index in [1.165, 1.54) is 0 Å². The first-order valence-corrected chi connectivity index (χ1v) is 11.4. The van der Waals surface area contributed by atoms with Gasteiger partial charge in [0.2, 0.25) is 11.8 Å². The molecular formula is C23H34N4O2. The maximum absolute atomic E-state index is 13.2. The van der Waals surface area contributed by atoms with Crippen LogP contribution in [0.3, 0.4) is 0 Å². The second-order valence-electron chi connectivity index (χ2n) is 8.87. The predicted octanol–water partition coefficient (Wildman–Crippen LogP) is 2.54. The summed E-state index contributed by atoms with van der Waals surface area (Å²) in [6, 6.07) is 4.49. The van der Waals surface area contributed by atoms with Gasteiger partial charge in [-0.15, -0.1) is 0 Å². The number of piperidine rings is 2. The average molecular weight is 399 g/mol. The van der Waals surface area contributed by atoms with Crippen molar-refractivity contribution in [2.75, 3.05) is 32.7 Å². The van der Waals surface area contributed by atoms with Crippen molar-refractivity contribution in [2.45, 2.75) is 58.0 Å². The van der Waals surface area contributed by atoms with Crippen molar-refractivity contribution in [3.63, 3.8) is 0 Å². The quantitative estimate of drug-likeness (QED) is 0.739. The number of hydrogen-bond donors (Lipinski definition) is 0. The van der Waals surface area contributed by atoms with Crippen LogP contribution in [0.1, 0.15) is 51.0 Å². The molecule has 1 aromatic heterocycles. The zero-order valence-electron chi connectivity index (χ0n) is 17.6. The molecule has 6 nitrogen and oxygen atoms in total. The highest BCUT2D eigenvalue weighted by Crippen LogP contribution is 2.33. The van der Waals surface area contributed by atoms with Gasteiger partial charge in [-0.3, -0.25) is 19.5 Å². The summed E-state index contributed by atoms with van der Waals surface area (Å²) >= 11 is 0. The molecule has 0 N–H and O–H groups in total. The first-order valence-electron chi connectivity index (χ1n) is 11.4. The smallest absolute Gasteiger partial charge is 0.227 e. The second-order valence-corrected chi connectivity index (χ2v) is 8.87. The largest absolute Gasteiger partial charge is 0.342 e. The molecule has 3 aliphatic rings. The SMILES string of the molecule is CCN(Cc1ccncc1)C(=O)[C@H]1CCCN(C2CCN(C(=O)C3CC3)CC2)C1. The Kier molecular flexibility index (Phi) is 6.48. The molecule has 29 heavy (non-hydrogen) atoms. The van der Waals surface area contributed by atoms with E-state index in [-0.39, 0.29) is 11.8 Å². The van der Waals surface area contributed by atoms with E-state index in [1.807, 2.05) is 17.0 Å². The van der Waals surface area contributed by atoms with Crippen LogP contribution in [0.15, 0.2) is 24.5 Å². The van der Waals surface area contributed by atoms with Gasteiger partial charge in [0.05, 0.1) is 5.92 Å². The Morgan fingerprint density at radius 3 is 2.41 bits per heavy atom. The number of hydrogen-bond acceptors (Lipinski definition) is 4. The van der Waals surface area contributed by atoms with Crippen LogP contribution in [0.2, 0.25) is 0 Å². The summed E-state index contributed by atoms with van der Waals surface area (Å²) in [5, 5.41) is 0. The number of carbonyl (C=O) groups is 2. The standard InChI is InChI=1S/C23H34N4O2/c1-2-25(16-18-7-11-24-12-8-18)23(29)20-4-3-13-27(17-20)21-9-14-26(15-10-21)22(28)19-5-6-19/h7-8,11-12,19-21H,2-6,9-10,13-17H2,1H3/t20-/m0/s1. The lowest BCUT2D eigenvalue weighted by Gasteiger charge is -2.42. The molecular weight excluding hydrogens is 364 g/mol. The van der Waals surface area contributed by atoms with Crippen molar-refractivity contribution in [3.05, 3.63) is 30.1 Å². The molecule has 1 aliphatic carbocycles. The van der Waals surface area contributed by atoms with Crippen LogP contribution in [-0.2, 0) is 16.1 Å². The molecule has 2 amide bonds. The van der Waals surface area contributed by atoms with Gasteiger partial charge in [0.1, 0.15) is 0 Å². The third-order valence-electron chi connectivity index (χ3n) is 6.84. The fourth-order valence-corrected chi connectivity index (χ4v) is 4.89. The van der Waals surface area contributed by atoms with Crippen molar-refractivity contribution in [1.82, 2.24) is 19.7 Å². The molecule has 3 fully saturated rings. The topological polar surface area (TPSA) is 56.8 Å². The number of amides is 2. The normalized spacial score (nSPS) is 23.8. The Hall–Kier alpha value is -1.95. The molecule has 0 aromatic carbocycles. The van der Waals surface area contributed by atoms with Gasteiger partial charge < -0.3 is 9.80 Å². The van der Waals surface area contributed by atoms with E-state index in [0.717, 1.165) is 76.8 Å². The summed E-state index contributed by atoms with van der Waals surface area (Å²) in [6.45, 7) is 7.19. The van der Waals surface area contributed by atoms with Gasteiger partial charge >= 0.3 is 0 Å². The lowest BCUT2D eigenvalue weighted by Crippen LogP contribution is -2.52. The minimum absolute atomic E-state index is 0.0941. The van der Waals surface area contributed by atoms with Crippen LogP contribution in [0.5, 0.6) is 0 Å². The predicted molar refractivity (Wildman–Crippen MR) is 112 cm³/mol. The summed E-state index contributed by atoms with van der Waals surface area (Å²) in [5.41, 5.74) is 1.13. The highest BCUT2D eigenvalue weighted by Gasteiger charge is 2.37. The molecule has 1 aromatic rings. The lowest BCUT2D eigenvalue weighted by atomic mass is 9.92. The Labute approximate surface area is 174 Å². The zero-order valence-corrected chi connectivity index (χ0v) is 17.6. The van der Waals surface area contributed by atoms with Gasteiger partial charge in [-0.25, -0.2) is 0 Å². The third kappa shape index (κ3) is 4.97. The number of pyridine rings is 1. The lowest BCUT2D eigenvalue weighted by molar-refractivity contribution is -0.138. The van der Waals surface area contributed by atoms with E-state index in [9.17, 15) is 9.59 Å². The van der Waals surface area contributed by atoms with E-state index in [2.05, 4.69) is 21.7 Å². The van der Waals surface area contributed by atoms with E-state index in [0.29, 0.717) is 24.4 Å². The number of rotatable bonds is 6. The van der Waals surface area contributed by atoms with Crippen LogP contribution in [-0.4, -0.2) is 70.3 Å². The average Bonchev–Trinajstić information content (AvgIpc) is 3.63. The molecule has 6 heteroatoms. The number of carbonyl (C=O) groups excluding carboxylic acids is 2. The zero-order chi connectivity index (χ0) is 20.2. The van der Waals surface area contributed by atoms with E-state index in [1.54, 1.807) is 12.4 Å². The molecule has 2 aliphatic heterocycles.